The van der Waals surface area contributed by atoms with Gasteiger partial charge < -0.3 is 4.74 Å². The number of para-hydroxylation sites is 1. The van der Waals surface area contributed by atoms with E-state index in [1.165, 1.54) is 33.7 Å². The third kappa shape index (κ3) is 11.9. The van der Waals surface area contributed by atoms with Crippen molar-refractivity contribution in [1.29, 1.82) is 0 Å². The molecule has 5 rings (SSSR count). The van der Waals surface area contributed by atoms with E-state index in [2.05, 4.69) is 128 Å². The van der Waals surface area contributed by atoms with Gasteiger partial charge >= 0.3 is 41.5 Å². The molecule has 0 amide bonds. The zero-order valence-corrected chi connectivity index (χ0v) is 27.2. The van der Waals surface area contributed by atoms with Crippen molar-refractivity contribution in [1.82, 2.24) is 5.09 Å². The molecule has 0 saturated carbocycles. The van der Waals surface area contributed by atoms with Crippen LogP contribution in [0.1, 0.15) is 29.5 Å². The predicted molar refractivity (Wildman–Crippen MR) is 174 cm³/mol. The van der Waals surface area contributed by atoms with E-state index in [0.29, 0.717) is 0 Å². The Labute approximate surface area is 257 Å². The molecule has 1 saturated heterocycles. The van der Waals surface area contributed by atoms with Crippen LogP contribution in [0.3, 0.4) is 0 Å². The standard InChI is InChI=1S/C28H27N2P.C4H7O.3ClH.Cr/c1-22-13-12-14-23(2)28(22)29-27(21-24-15-6-3-7-16-24)30-31(25-17-8-4-9-18-25)26-19-10-5-11-20-26;1-2-4-5-3-1;;;;/h3-20H,21H2,1-2H3,(H,29,30);3H,1-2,4H2;3*1H;/q;-1;;;;+4/p-2. The molecule has 1 heterocycles. The van der Waals surface area contributed by atoms with Gasteiger partial charge in [-0.3, -0.25) is 0 Å². The first-order valence-electron chi connectivity index (χ1n) is 13.0. The maximum absolute atomic E-state index is 5.17. The number of halogens is 3. The van der Waals surface area contributed by atoms with Crippen LogP contribution in [-0.2, 0) is 22.5 Å². The van der Waals surface area contributed by atoms with Gasteiger partial charge in [0.05, 0.1) is 5.69 Å². The quantitative estimate of drug-likeness (QED) is 0.0977. The first-order valence-corrected chi connectivity index (χ1v) is 19.8. The van der Waals surface area contributed by atoms with Crippen molar-refractivity contribution in [3.63, 3.8) is 0 Å². The van der Waals surface area contributed by atoms with Crippen molar-refractivity contribution in [3.8, 4) is 0 Å². The summed E-state index contributed by atoms with van der Waals surface area (Å²) < 4.78 is 4.82. The molecule has 0 bridgehead atoms. The summed E-state index contributed by atoms with van der Waals surface area (Å²) in [7, 11) is 13.5. The van der Waals surface area contributed by atoms with Crippen LogP contribution >= 0.6 is 38.2 Å². The molecule has 1 fully saturated rings. The second kappa shape index (κ2) is 18.5. The van der Waals surface area contributed by atoms with Crippen LogP contribution in [0.15, 0.2) is 114 Å². The third-order valence-corrected chi connectivity index (χ3v) is 8.36. The van der Waals surface area contributed by atoms with E-state index in [9.17, 15) is 0 Å². The van der Waals surface area contributed by atoms with Gasteiger partial charge in [-0.15, -0.1) is 0 Å². The third-order valence-electron chi connectivity index (χ3n) is 6.00. The van der Waals surface area contributed by atoms with Gasteiger partial charge in [0.15, 0.2) is 8.07 Å². The molecule has 8 heteroatoms. The van der Waals surface area contributed by atoms with Gasteiger partial charge in [-0.1, -0.05) is 91.3 Å². The van der Waals surface area contributed by atoms with Gasteiger partial charge in [0, 0.05) is 13.0 Å². The molecule has 0 aromatic heterocycles. The Morgan fingerprint density at radius 2 is 1.30 bits per heavy atom. The molecular formula is C32H35Cl3CrN2OP+. The zero-order valence-electron chi connectivity index (χ0n) is 22.7. The molecule has 4 aromatic rings. The number of rotatable bonds is 6. The second-order valence-electron chi connectivity index (χ2n) is 9.05. The summed E-state index contributed by atoms with van der Waals surface area (Å²) in [5, 5.41) is 6.53. The molecule has 210 valence electrons. The Morgan fingerprint density at radius 1 is 0.800 bits per heavy atom. The molecule has 3 nitrogen and oxygen atoms in total. The average Bonchev–Trinajstić information content (AvgIpc) is 3.55. The number of ether oxygens (including phenoxy) is 1. The van der Waals surface area contributed by atoms with E-state index in [-0.39, 0.29) is 0 Å². The molecule has 0 radical (unpaired) electrons. The summed E-state index contributed by atoms with van der Waals surface area (Å²) >= 11 is -1.62. The van der Waals surface area contributed by atoms with Gasteiger partial charge in [-0.25, -0.2) is 16.7 Å². The van der Waals surface area contributed by atoms with Crippen molar-refractivity contribution < 1.29 is 16.1 Å². The first kappa shape index (κ1) is 32.7. The number of hydrogen-bond donors (Lipinski definition) is 1. The molecule has 4 aromatic carbocycles. The van der Waals surface area contributed by atoms with Crippen LogP contribution < -0.4 is 15.7 Å². The van der Waals surface area contributed by atoms with E-state index < -0.39 is 19.5 Å². The minimum atomic E-state index is -1.62. The van der Waals surface area contributed by atoms with Crippen molar-refractivity contribution in [2.75, 3.05) is 6.61 Å². The Morgan fingerprint density at radius 3 is 1.73 bits per heavy atom. The molecule has 0 unspecified atom stereocenters. The first-order chi connectivity index (χ1) is 19.4. The van der Waals surface area contributed by atoms with E-state index >= 15 is 0 Å². The average molecular weight is 653 g/mol. The van der Waals surface area contributed by atoms with Gasteiger partial charge in [-0.2, -0.15) is 6.42 Å². The Balaban J connectivity index is 0.000000420. The molecule has 0 aliphatic carbocycles. The zero-order chi connectivity index (χ0) is 28.6. The fourth-order valence-electron chi connectivity index (χ4n) is 4.10. The van der Waals surface area contributed by atoms with E-state index in [1.54, 1.807) is 0 Å². The summed E-state index contributed by atoms with van der Waals surface area (Å²) in [6.07, 6.45) is 3.14. The van der Waals surface area contributed by atoms with E-state index in [4.69, 9.17) is 39.9 Å². The monoisotopic (exact) mass is 651 g/mol. The number of nitrogens with one attached hydrogen (secondary N) is 1. The van der Waals surface area contributed by atoms with Crippen LogP contribution in [0, 0.1) is 20.5 Å². The van der Waals surface area contributed by atoms with Crippen molar-refractivity contribution in [2.45, 2.75) is 33.1 Å². The summed E-state index contributed by atoms with van der Waals surface area (Å²) in [6.45, 7) is 7.07. The van der Waals surface area contributed by atoms with Gasteiger partial charge in [0.25, 0.3) is 0 Å². The number of nitrogens with zero attached hydrogens (tertiary/aromatic N) is 1. The molecule has 1 aliphatic heterocycles. The van der Waals surface area contributed by atoms with Crippen LogP contribution in [0.2, 0.25) is 0 Å². The predicted octanol–water partition coefficient (Wildman–Crippen LogP) is 8.97. The number of benzene rings is 4. The van der Waals surface area contributed by atoms with Crippen LogP contribution in [0.25, 0.3) is 0 Å². The van der Waals surface area contributed by atoms with Gasteiger partial charge in [0.1, 0.15) is 16.4 Å². The topological polar surface area (TPSA) is 33.6 Å². The van der Waals surface area contributed by atoms with Crippen molar-refractivity contribution >= 4 is 60.4 Å². The van der Waals surface area contributed by atoms with Gasteiger partial charge in [0.2, 0.25) is 0 Å². The Kier molecular flexibility index (Phi) is 15.1. The van der Waals surface area contributed by atoms with Crippen molar-refractivity contribution in [3.05, 3.63) is 132 Å². The normalized spacial score (nSPS) is 12.8. The molecule has 0 atom stereocenters. The Hall–Kier alpha value is -1.86. The molecule has 0 spiro atoms. The van der Waals surface area contributed by atoms with Gasteiger partial charge in [-0.05, 0) is 54.8 Å². The van der Waals surface area contributed by atoms with Crippen LogP contribution in [0.4, 0.5) is 5.69 Å². The molecular weight excluding hydrogens is 618 g/mol. The van der Waals surface area contributed by atoms with E-state index in [1.807, 2.05) is 6.61 Å². The van der Waals surface area contributed by atoms with Crippen LogP contribution in [0.5, 0.6) is 0 Å². The summed E-state index contributed by atoms with van der Waals surface area (Å²) in [5.41, 5.74) is 4.70. The molecule has 1 aliphatic rings. The summed E-state index contributed by atoms with van der Waals surface area (Å²) in [4.78, 5) is 5.17. The van der Waals surface area contributed by atoms with Crippen LogP contribution in [-0.4, -0.2) is 12.4 Å². The summed E-state index contributed by atoms with van der Waals surface area (Å²) in [5.74, 6) is 1.00. The number of aryl methyl sites for hydroxylation is 2. The second-order valence-corrected chi connectivity index (χ2v) is 17.5. The fourth-order valence-corrected chi connectivity index (χ4v) is 6.21. The SMILES string of the molecule is Cc1cccc(C)c1N=C(Cc1ccccc1)N[PH+](c1ccccc1)c1ccccc1.[CH-]1CCCO1.[Cl][Cr+]([Cl])[Cl]. The number of amidine groups is 1. The molecule has 40 heavy (non-hydrogen) atoms. The maximum atomic E-state index is 5.17. The number of aliphatic imine (C=N–C) groups is 1. The minimum absolute atomic E-state index is 0.766. The van der Waals surface area contributed by atoms with E-state index in [0.717, 1.165) is 31.0 Å². The fraction of sp³-hybridized carbons (Fsp3) is 0.188. The molecule has 1 N–H and O–H groups in total. The van der Waals surface area contributed by atoms with Crippen molar-refractivity contribution in [2.24, 2.45) is 4.99 Å². The Bertz CT molecular complexity index is 1220. The summed E-state index contributed by atoms with van der Waals surface area (Å²) in [6, 6.07) is 38.4. The number of hydrogen-bond acceptors (Lipinski definition) is 2.